The minimum absolute atomic E-state index is 0.476. The van der Waals surface area contributed by atoms with Crippen LogP contribution < -0.4 is 0 Å². The molecule has 80 valence electrons. The van der Waals surface area contributed by atoms with Crippen molar-refractivity contribution in [3.05, 3.63) is 0 Å². The Labute approximate surface area is 83.6 Å². The number of methoxy groups -OCH3 is 3. The van der Waals surface area contributed by atoms with Gasteiger partial charge < -0.3 is 14.2 Å². The highest BCUT2D eigenvalue weighted by Crippen LogP contribution is 2.28. The number of hydrogen-bond acceptors (Lipinski definition) is 4. The summed E-state index contributed by atoms with van der Waals surface area (Å²) in [5.41, 5.74) is 0. The molecule has 0 radical (unpaired) electrons. The van der Waals surface area contributed by atoms with Gasteiger partial charge in [0.2, 0.25) is 5.79 Å². The summed E-state index contributed by atoms with van der Waals surface area (Å²) in [5.74, 6) is -0.725. The largest absolute Gasteiger partial charge is 0.363 e. The lowest BCUT2D eigenvalue weighted by Crippen LogP contribution is -2.64. The van der Waals surface area contributed by atoms with E-state index in [9.17, 15) is 0 Å². The number of ether oxygens (including phenoxy) is 3. The summed E-state index contributed by atoms with van der Waals surface area (Å²) in [7, 11) is 9.60. The van der Waals surface area contributed by atoms with Gasteiger partial charge in [0.25, 0.3) is 0 Å². The van der Waals surface area contributed by atoms with E-state index in [1.807, 2.05) is 25.9 Å². The van der Waals surface area contributed by atoms with Crippen LogP contribution in [0.15, 0.2) is 0 Å². The summed E-state index contributed by atoms with van der Waals surface area (Å²) in [4.78, 5) is 1.98. The summed E-state index contributed by atoms with van der Waals surface area (Å²) in [5, 5.41) is -0.476. The van der Waals surface area contributed by atoms with Crippen LogP contribution in [0.25, 0.3) is 0 Å². The third-order valence-electron chi connectivity index (χ3n) is 2.87. The van der Waals surface area contributed by atoms with Gasteiger partial charge in [-0.05, 0) is 21.0 Å². The lowest BCUT2D eigenvalue weighted by atomic mass is 10.2. The van der Waals surface area contributed by atoms with Crippen LogP contribution in [0.3, 0.4) is 0 Å². The quantitative estimate of drug-likeness (QED) is 0.437. The maximum absolute atomic E-state index is 5.48. The van der Waals surface area contributed by atoms with E-state index in [4.69, 9.17) is 14.2 Å². The van der Waals surface area contributed by atoms with Crippen molar-refractivity contribution in [2.24, 2.45) is 0 Å². The zero-order valence-corrected chi connectivity index (χ0v) is 11.7. The van der Waals surface area contributed by atoms with Crippen LogP contribution >= 0.6 is 0 Å². The SMILES string of the molecule is COC(C)(OC)C([SiH3])(OC)N(C)C. The molecule has 0 aromatic carbocycles. The molecule has 0 aromatic heterocycles. The van der Waals surface area contributed by atoms with E-state index in [2.05, 4.69) is 0 Å². The van der Waals surface area contributed by atoms with E-state index in [1.54, 1.807) is 21.3 Å². The summed E-state index contributed by atoms with van der Waals surface area (Å²) < 4.78 is 16.2. The molecule has 1 atom stereocenters. The van der Waals surface area contributed by atoms with Crippen LogP contribution in [-0.2, 0) is 14.2 Å². The fourth-order valence-electron chi connectivity index (χ4n) is 1.24. The van der Waals surface area contributed by atoms with Crippen LogP contribution in [0, 0.1) is 0 Å². The fourth-order valence-corrected chi connectivity index (χ4v) is 1.64. The second-order valence-electron chi connectivity index (χ2n) is 3.44. The van der Waals surface area contributed by atoms with Crippen molar-refractivity contribution in [3.8, 4) is 0 Å². The van der Waals surface area contributed by atoms with Gasteiger partial charge in [0, 0.05) is 21.3 Å². The summed E-state index contributed by atoms with van der Waals surface area (Å²) in [6.45, 7) is 1.88. The number of rotatable bonds is 5. The fraction of sp³-hybridized carbons (Fsp3) is 1.00. The maximum Gasteiger partial charge on any atom is 0.203 e. The Balaban J connectivity index is 4.91. The monoisotopic (exact) mass is 207 g/mol. The molecule has 0 N–H and O–H groups in total. The van der Waals surface area contributed by atoms with Gasteiger partial charge in [0.1, 0.15) is 5.35 Å². The average Bonchev–Trinajstić information content (AvgIpc) is 2.14. The highest BCUT2D eigenvalue weighted by Gasteiger charge is 2.47. The van der Waals surface area contributed by atoms with Crippen molar-refractivity contribution in [3.63, 3.8) is 0 Å². The van der Waals surface area contributed by atoms with E-state index in [-0.39, 0.29) is 0 Å². The smallest absolute Gasteiger partial charge is 0.203 e. The van der Waals surface area contributed by atoms with Gasteiger partial charge in [0.15, 0.2) is 0 Å². The van der Waals surface area contributed by atoms with E-state index in [1.165, 1.54) is 0 Å². The van der Waals surface area contributed by atoms with Gasteiger partial charge in [-0.1, -0.05) is 0 Å². The van der Waals surface area contributed by atoms with Crippen LogP contribution in [0.1, 0.15) is 6.92 Å². The average molecular weight is 207 g/mol. The second kappa shape index (κ2) is 4.52. The van der Waals surface area contributed by atoms with E-state index in [0.29, 0.717) is 0 Å². The molecule has 0 aliphatic rings. The molecule has 0 saturated carbocycles. The Bertz CT molecular complexity index is 161. The topological polar surface area (TPSA) is 30.9 Å². The predicted molar refractivity (Wildman–Crippen MR) is 55.8 cm³/mol. The molecule has 0 amide bonds. The lowest BCUT2D eigenvalue weighted by Gasteiger charge is -2.47. The molecule has 0 aliphatic heterocycles. The first-order valence-electron chi connectivity index (χ1n) is 4.21. The highest BCUT2D eigenvalue weighted by molar-refractivity contribution is 6.14. The molecular weight excluding hydrogens is 186 g/mol. The standard InChI is InChI=1S/C8H21NO3Si/c1-7(10-4,11-5)8(13,12-6)9(2)3/h1-6,13H3. The van der Waals surface area contributed by atoms with Gasteiger partial charge in [0.05, 0.1) is 10.2 Å². The maximum atomic E-state index is 5.48. The molecule has 0 aromatic rings. The van der Waals surface area contributed by atoms with E-state index >= 15 is 0 Å². The van der Waals surface area contributed by atoms with Gasteiger partial charge in [-0.3, -0.25) is 4.90 Å². The minimum Gasteiger partial charge on any atom is -0.363 e. The summed E-state index contributed by atoms with van der Waals surface area (Å²) in [6.07, 6.45) is 0. The molecule has 0 fully saturated rings. The van der Waals surface area contributed by atoms with E-state index in [0.717, 1.165) is 10.2 Å². The van der Waals surface area contributed by atoms with Gasteiger partial charge in [-0.15, -0.1) is 0 Å². The molecule has 0 aliphatic carbocycles. The van der Waals surface area contributed by atoms with E-state index < -0.39 is 11.1 Å². The first-order valence-corrected chi connectivity index (χ1v) is 5.21. The molecule has 0 saturated heterocycles. The van der Waals surface area contributed by atoms with Crippen molar-refractivity contribution in [2.75, 3.05) is 35.4 Å². The van der Waals surface area contributed by atoms with Crippen molar-refractivity contribution < 1.29 is 14.2 Å². The molecule has 0 heterocycles. The van der Waals surface area contributed by atoms with Gasteiger partial charge in [-0.25, -0.2) is 0 Å². The zero-order valence-electron chi connectivity index (χ0n) is 9.67. The molecular formula is C8H21NO3Si. The molecule has 0 bridgehead atoms. The molecule has 0 spiro atoms. The Hall–Kier alpha value is 0.0569. The number of hydrogen-bond donors (Lipinski definition) is 0. The highest BCUT2D eigenvalue weighted by atomic mass is 28.1. The number of likely N-dealkylation sites (N-methyl/N-ethyl adjacent to an activating group) is 1. The molecule has 0 rings (SSSR count). The zero-order chi connectivity index (χ0) is 10.7. The summed E-state index contributed by atoms with van der Waals surface area (Å²) >= 11 is 0. The van der Waals surface area contributed by atoms with Crippen molar-refractivity contribution in [2.45, 2.75) is 18.1 Å². The van der Waals surface area contributed by atoms with Crippen molar-refractivity contribution in [1.29, 1.82) is 0 Å². The van der Waals surface area contributed by atoms with Gasteiger partial charge in [-0.2, -0.15) is 0 Å². The predicted octanol–water partition coefficient (Wildman–Crippen LogP) is -0.777. The Morgan fingerprint density at radius 3 is 1.46 bits per heavy atom. The lowest BCUT2D eigenvalue weighted by molar-refractivity contribution is -0.303. The van der Waals surface area contributed by atoms with Crippen LogP contribution in [0.4, 0.5) is 0 Å². The van der Waals surface area contributed by atoms with Crippen LogP contribution in [-0.4, -0.2) is 61.7 Å². The number of nitrogens with zero attached hydrogens (tertiary/aromatic N) is 1. The first kappa shape index (κ1) is 13.1. The minimum atomic E-state index is -0.725. The van der Waals surface area contributed by atoms with Crippen molar-refractivity contribution in [1.82, 2.24) is 4.90 Å². The summed E-state index contributed by atoms with van der Waals surface area (Å²) in [6, 6.07) is 0. The third-order valence-corrected chi connectivity index (χ3v) is 5.08. The molecule has 13 heavy (non-hydrogen) atoms. The molecule has 5 heteroatoms. The third kappa shape index (κ3) is 2.11. The van der Waals surface area contributed by atoms with Crippen molar-refractivity contribution >= 4 is 10.2 Å². The Morgan fingerprint density at radius 2 is 1.38 bits per heavy atom. The molecule has 1 unspecified atom stereocenters. The Morgan fingerprint density at radius 1 is 1.00 bits per heavy atom. The normalized spacial score (nSPS) is 17.8. The Kier molecular flexibility index (Phi) is 4.54. The first-order chi connectivity index (χ1) is 5.88. The molecule has 4 nitrogen and oxygen atoms in total. The second-order valence-corrected chi connectivity index (χ2v) is 4.79. The van der Waals surface area contributed by atoms with Crippen LogP contribution in [0.5, 0.6) is 0 Å². The van der Waals surface area contributed by atoms with Crippen LogP contribution in [0.2, 0.25) is 0 Å². The van der Waals surface area contributed by atoms with Gasteiger partial charge >= 0.3 is 0 Å².